The Hall–Kier alpha value is -6.20. The first-order valence-corrected chi connectivity index (χ1v) is 20.9. The Kier molecular flexibility index (Phi) is 15.8. The van der Waals surface area contributed by atoms with Gasteiger partial charge in [0.05, 0.1) is 62.3 Å². The van der Waals surface area contributed by atoms with Gasteiger partial charge >= 0.3 is 11.9 Å². The minimum Gasteiger partial charge on any atom is -0.546 e. The molecule has 2 fully saturated rings. The first kappa shape index (κ1) is 45.3. The van der Waals surface area contributed by atoms with Gasteiger partial charge in [0, 0.05) is 35.0 Å². The minimum atomic E-state index is -2.39. The lowest BCUT2D eigenvalue weighted by Crippen LogP contribution is -2.84. The molecule has 326 valence electrons. The van der Waals surface area contributed by atoms with E-state index in [9.17, 15) is 29.4 Å². The summed E-state index contributed by atoms with van der Waals surface area (Å²) in [6.07, 6.45) is -2.47. The zero-order valence-electron chi connectivity index (χ0n) is 34.0. The number of fused-ring (bicyclic) bond motifs is 2. The van der Waals surface area contributed by atoms with Gasteiger partial charge in [-0.1, -0.05) is 59.6 Å². The van der Waals surface area contributed by atoms with Crippen molar-refractivity contribution in [3.63, 3.8) is 0 Å². The highest BCUT2D eigenvalue weighted by Gasteiger charge is 2.32. The Bertz CT molecular complexity index is 2280. The van der Waals surface area contributed by atoms with Crippen molar-refractivity contribution in [1.82, 2.24) is 9.97 Å². The number of halogens is 2. The van der Waals surface area contributed by atoms with Crippen LogP contribution in [0.2, 0.25) is 10.0 Å². The van der Waals surface area contributed by atoms with Crippen LogP contribution in [-0.4, -0.2) is 97.4 Å². The number of aromatic nitrogens is 2. The number of carboxylic acids is 2. The van der Waals surface area contributed by atoms with Gasteiger partial charge in [0.1, 0.15) is 11.0 Å². The summed E-state index contributed by atoms with van der Waals surface area (Å²) in [6.45, 7) is 10.9. The molecule has 6 aromatic rings. The number of hydrogen-bond donors (Lipinski definition) is 2. The average Bonchev–Trinajstić information content (AvgIpc) is 3.72. The number of rotatable bonds is 9. The van der Waals surface area contributed by atoms with Crippen molar-refractivity contribution in [1.29, 1.82) is 0 Å². The number of oxazole rings is 2. The summed E-state index contributed by atoms with van der Waals surface area (Å²) in [6, 6.07) is 28.0. The van der Waals surface area contributed by atoms with Gasteiger partial charge in [0.25, 0.3) is 12.0 Å². The molecule has 8 rings (SSSR count). The van der Waals surface area contributed by atoms with E-state index in [0.717, 1.165) is 73.2 Å². The molecule has 4 heterocycles. The lowest BCUT2D eigenvalue weighted by molar-refractivity contribution is -0.651. The maximum absolute atomic E-state index is 12.0. The number of quaternary nitrogens is 2. The molecule has 62 heavy (non-hydrogen) atoms. The second-order valence-corrected chi connectivity index (χ2v) is 15.5. The standard InChI is InChI=1S/C18H14O8.2C13H16ClN3O/c19-15(20)13(25-17(23)11-7-3-1-4-8-11)14(16(21)22)26-18(24)12-9-5-2-6-10-12;2*1-9-4-5-15-6-7-17(9)13-16-11-8-10(14)2-3-12(11)18-13/h1-10,13-14H,(H,19,20)(H,21,22);2*2-3,8-9,15H,4-7H2,1H3/t13-,14-;2*9-/m011/s1. The molecule has 0 unspecified atom stereocenters. The van der Waals surface area contributed by atoms with E-state index in [1.807, 2.05) is 36.4 Å². The topological polar surface area (TPSA) is 225 Å². The summed E-state index contributed by atoms with van der Waals surface area (Å²) in [5.41, 5.74) is 3.22. The van der Waals surface area contributed by atoms with Crippen LogP contribution in [0.3, 0.4) is 0 Å². The second-order valence-electron chi connectivity index (χ2n) is 14.6. The van der Waals surface area contributed by atoms with Gasteiger partial charge in [-0.3, -0.25) is 0 Å². The number of aliphatic carboxylic acids is 2. The SMILES string of the molecule is C[C@@H]1CC[NH2+]CCN1c1nc2cc(Cl)ccc2o1.C[C@@H]1CC[NH2+]CCN1c1nc2cc(Cl)ccc2o1.O=C(O[C@H](C(=O)[O-])[C@H](OC(=O)c1ccccc1)C(=O)[O-])c1ccccc1. The lowest BCUT2D eigenvalue weighted by Gasteiger charge is -2.28. The highest BCUT2D eigenvalue weighted by Crippen LogP contribution is 2.27. The number of nitrogens with zero attached hydrogens (tertiary/aromatic N) is 4. The van der Waals surface area contributed by atoms with Gasteiger partial charge in [0.2, 0.25) is 0 Å². The van der Waals surface area contributed by atoms with Gasteiger partial charge < -0.3 is 58.5 Å². The molecule has 0 amide bonds. The van der Waals surface area contributed by atoms with Crippen LogP contribution in [0.25, 0.3) is 22.2 Å². The van der Waals surface area contributed by atoms with E-state index >= 15 is 0 Å². The van der Waals surface area contributed by atoms with Crippen LogP contribution in [-0.2, 0) is 19.1 Å². The number of carboxylic acid groups (broad SMARTS) is 2. The van der Waals surface area contributed by atoms with E-state index < -0.39 is 36.1 Å². The molecular weight excluding hydrogens is 843 g/mol. The summed E-state index contributed by atoms with van der Waals surface area (Å²) in [4.78, 5) is 60.1. The first-order chi connectivity index (χ1) is 29.9. The van der Waals surface area contributed by atoms with Crippen LogP contribution < -0.4 is 30.6 Å². The van der Waals surface area contributed by atoms with E-state index in [4.69, 9.17) is 32.0 Å². The number of carbonyl (C=O) groups is 4. The fourth-order valence-electron chi connectivity index (χ4n) is 6.79. The smallest absolute Gasteiger partial charge is 0.338 e. The number of ether oxygens (including phenoxy) is 2. The van der Waals surface area contributed by atoms with Crippen LogP contribution in [0.5, 0.6) is 0 Å². The molecule has 0 saturated carbocycles. The highest BCUT2D eigenvalue weighted by molar-refractivity contribution is 6.31. The zero-order chi connectivity index (χ0) is 44.2. The van der Waals surface area contributed by atoms with Crippen molar-refractivity contribution >= 4 is 81.3 Å². The van der Waals surface area contributed by atoms with Gasteiger partial charge in [-0.2, -0.15) is 9.97 Å². The Labute approximate surface area is 366 Å². The second kappa shape index (κ2) is 21.5. The van der Waals surface area contributed by atoms with Crippen molar-refractivity contribution in [3.8, 4) is 0 Å². The maximum atomic E-state index is 12.0. The number of carbonyl (C=O) groups excluding carboxylic acids is 4. The summed E-state index contributed by atoms with van der Waals surface area (Å²) in [7, 11) is 0. The molecular formula is C44H46Cl2N6O10. The molecule has 4 atom stereocenters. The van der Waals surface area contributed by atoms with E-state index in [-0.39, 0.29) is 11.1 Å². The Balaban J connectivity index is 0.000000159. The normalized spacial score (nSPS) is 17.5. The lowest BCUT2D eigenvalue weighted by atomic mass is 10.1. The molecule has 18 heteroatoms. The number of hydrogen-bond acceptors (Lipinski definition) is 14. The van der Waals surface area contributed by atoms with Gasteiger partial charge in [-0.15, -0.1) is 0 Å². The first-order valence-electron chi connectivity index (χ1n) is 20.1. The van der Waals surface area contributed by atoms with Crippen molar-refractivity contribution in [2.45, 2.75) is 51.0 Å². The number of benzene rings is 4. The predicted molar refractivity (Wildman–Crippen MR) is 226 cm³/mol. The molecule has 2 aliphatic rings. The fraction of sp³-hybridized carbons (Fsp3) is 0.318. The Morgan fingerprint density at radius 3 is 1.39 bits per heavy atom. The molecule has 16 nitrogen and oxygen atoms in total. The zero-order valence-corrected chi connectivity index (χ0v) is 35.5. The Morgan fingerprint density at radius 2 is 1.02 bits per heavy atom. The summed E-state index contributed by atoms with van der Waals surface area (Å²) >= 11 is 11.9. The van der Waals surface area contributed by atoms with E-state index in [2.05, 4.69) is 53.7 Å². The third-order valence-corrected chi connectivity index (χ3v) is 10.7. The van der Waals surface area contributed by atoms with E-state index in [0.29, 0.717) is 22.1 Å². The molecule has 2 saturated heterocycles. The summed E-state index contributed by atoms with van der Waals surface area (Å²) in [5.74, 6) is -6.35. The van der Waals surface area contributed by atoms with Crippen LogP contribution in [0, 0.1) is 0 Å². The molecule has 0 radical (unpaired) electrons. The van der Waals surface area contributed by atoms with Crippen molar-refractivity contribution in [2.75, 3.05) is 49.1 Å². The predicted octanol–water partition coefficient (Wildman–Crippen LogP) is 2.22. The maximum Gasteiger partial charge on any atom is 0.338 e. The van der Waals surface area contributed by atoms with Crippen molar-refractivity contribution < 1.29 is 58.3 Å². The van der Waals surface area contributed by atoms with E-state index in [1.54, 1.807) is 12.1 Å². The number of esters is 2. The summed E-state index contributed by atoms with van der Waals surface area (Å²) < 4.78 is 21.0. The molecule has 4 aromatic carbocycles. The average molecular weight is 890 g/mol. The third kappa shape index (κ3) is 12.0. The van der Waals surface area contributed by atoms with Gasteiger partial charge in [0.15, 0.2) is 23.4 Å². The highest BCUT2D eigenvalue weighted by atomic mass is 35.5. The molecule has 2 aliphatic heterocycles. The summed E-state index contributed by atoms with van der Waals surface area (Å²) in [5, 5.41) is 28.6. The Morgan fingerprint density at radius 1 is 0.629 bits per heavy atom. The quantitative estimate of drug-likeness (QED) is 0.199. The van der Waals surface area contributed by atoms with Crippen LogP contribution in [0.15, 0.2) is 106 Å². The molecule has 0 aliphatic carbocycles. The largest absolute Gasteiger partial charge is 0.546 e. The van der Waals surface area contributed by atoms with Crippen LogP contribution >= 0.6 is 23.2 Å². The number of anilines is 2. The van der Waals surface area contributed by atoms with E-state index in [1.165, 1.54) is 61.6 Å². The monoisotopic (exact) mass is 888 g/mol. The minimum absolute atomic E-state index is 0.0229. The van der Waals surface area contributed by atoms with Crippen LogP contribution in [0.1, 0.15) is 47.4 Å². The van der Waals surface area contributed by atoms with Gasteiger partial charge in [-0.25, -0.2) is 9.59 Å². The molecule has 0 spiro atoms. The molecule has 2 aromatic heterocycles. The third-order valence-electron chi connectivity index (χ3n) is 10.2. The van der Waals surface area contributed by atoms with Crippen molar-refractivity contribution in [3.05, 3.63) is 118 Å². The number of nitrogens with two attached hydrogens (primary N) is 2. The molecule has 4 N–H and O–H groups in total. The van der Waals surface area contributed by atoms with Gasteiger partial charge in [-0.05, 0) is 74.5 Å². The molecule has 0 bridgehead atoms. The van der Waals surface area contributed by atoms with Crippen LogP contribution in [0.4, 0.5) is 12.0 Å². The van der Waals surface area contributed by atoms with Crippen molar-refractivity contribution in [2.24, 2.45) is 0 Å². The fourth-order valence-corrected chi connectivity index (χ4v) is 7.13.